The van der Waals surface area contributed by atoms with Gasteiger partial charge in [-0.15, -0.1) is 0 Å². The Kier molecular flexibility index (Phi) is 6.25. The first-order valence-corrected chi connectivity index (χ1v) is 11.5. The van der Waals surface area contributed by atoms with Gasteiger partial charge in [-0.3, -0.25) is 9.78 Å². The number of rotatable bonds is 3. The van der Waals surface area contributed by atoms with Crippen LogP contribution in [0.4, 0.5) is 14.5 Å². The minimum atomic E-state index is -1.98. The highest BCUT2D eigenvalue weighted by atomic mass is 35.5. The third-order valence-electron chi connectivity index (χ3n) is 6.29. The summed E-state index contributed by atoms with van der Waals surface area (Å²) in [6.45, 7) is 7.63. The van der Waals surface area contributed by atoms with Gasteiger partial charge in [0.25, 0.3) is 0 Å². The van der Waals surface area contributed by atoms with Crippen molar-refractivity contribution in [2.24, 2.45) is 5.73 Å². The summed E-state index contributed by atoms with van der Waals surface area (Å²) in [6, 6.07) is 10.6. The molecule has 178 valence electrons. The molecule has 0 saturated carbocycles. The summed E-state index contributed by atoms with van der Waals surface area (Å²) in [5.74, 6) is -0.999. The van der Waals surface area contributed by atoms with Crippen LogP contribution < -0.4 is 10.6 Å². The van der Waals surface area contributed by atoms with E-state index in [4.69, 9.17) is 17.3 Å². The highest BCUT2D eigenvalue weighted by Crippen LogP contribution is 2.44. The Labute approximate surface area is 203 Å². The first-order valence-electron chi connectivity index (χ1n) is 11.2. The Balaban J connectivity index is 1.90. The number of benzene rings is 2. The molecule has 0 radical (unpaired) electrons. The van der Waals surface area contributed by atoms with Crippen LogP contribution in [-0.4, -0.2) is 16.9 Å². The summed E-state index contributed by atoms with van der Waals surface area (Å²) in [7, 11) is 0. The number of carbonyl (C=O) groups excluding carboxylic acids is 1. The zero-order valence-corrected chi connectivity index (χ0v) is 20.5. The molecule has 0 aliphatic carbocycles. The SMILES string of the molecule is CC(C)(C)c1cncc(-c2cc3c(cc2F)C(C)(F)C[C@H](N)C(=O)N3Cc2ccc(Cl)cc2)c1. The minimum Gasteiger partial charge on any atom is -0.320 e. The third kappa shape index (κ3) is 4.70. The highest BCUT2D eigenvalue weighted by molar-refractivity contribution is 6.30. The average Bonchev–Trinajstić information content (AvgIpc) is 2.83. The highest BCUT2D eigenvalue weighted by Gasteiger charge is 2.41. The number of aromatic nitrogens is 1. The Bertz CT molecular complexity index is 1240. The molecule has 2 heterocycles. The molecule has 2 atom stereocenters. The largest absolute Gasteiger partial charge is 0.320 e. The molecule has 34 heavy (non-hydrogen) atoms. The predicted molar refractivity (Wildman–Crippen MR) is 132 cm³/mol. The predicted octanol–water partition coefficient (Wildman–Crippen LogP) is 6.29. The van der Waals surface area contributed by atoms with Gasteiger partial charge < -0.3 is 10.6 Å². The number of pyridine rings is 1. The molecule has 1 aromatic heterocycles. The Hall–Kier alpha value is -2.83. The van der Waals surface area contributed by atoms with Crippen LogP contribution in [0.1, 0.15) is 50.8 Å². The van der Waals surface area contributed by atoms with Gasteiger partial charge >= 0.3 is 0 Å². The number of amides is 1. The van der Waals surface area contributed by atoms with E-state index in [9.17, 15) is 4.79 Å². The van der Waals surface area contributed by atoms with Crippen LogP contribution in [-0.2, 0) is 22.4 Å². The zero-order chi connectivity index (χ0) is 24.8. The fourth-order valence-electron chi connectivity index (χ4n) is 4.29. The van der Waals surface area contributed by atoms with Crippen LogP contribution in [0.5, 0.6) is 0 Å². The summed E-state index contributed by atoms with van der Waals surface area (Å²) in [4.78, 5) is 19.0. The Morgan fingerprint density at radius 2 is 1.85 bits per heavy atom. The molecule has 7 heteroatoms. The van der Waals surface area contributed by atoms with Crippen molar-refractivity contribution in [3.8, 4) is 11.1 Å². The maximum Gasteiger partial charge on any atom is 0.244 e. The molecule has 4 nitrogen and oxygen atoms in total. The lowest BCUT2D eigenvalue weighted by Gasteiger charge is -2.27. The van der Waals surface area contributed by atoms with Gasteiger partial charge in [0, 0.05) is 40.5 Å². The van der Waals surface area contributed by atoms with E-state index in [1.165, 1.54) is 24.0 Å². The molecule has 1 aliphatic heterocycles. The lowest BCUT2D eigenvalue weighted by molar-refractivity contribution is -0.120. The van der Waals surface area contributed by atoms with Gasteiger partial charge in [0.2, 0.25) is 5.91 Å². The van der Waals surface area contributed by atoms with E-state index in [2.05, 4.69) is 4.98 Å². The van der Waals surface area contributed by atoms with Crippen molar-refractivity contribution in [1.82, 2.24) is 4.98 Å². The smallest absolute Gasteiger partial charge is 0.244 e. The molecule has 0 bridgehead atoms. The average molecular weight is 484 g/mol. The number of carbonyl (C=O) groups is 1. The summed E-state index contributed by atoms with van der Waals surface area (Å²) >= 11 is 6.00. The number of anilines is 1. The number of halogens is 3. The van der Waals surface area contributed by atoms with Crippen molar-refractivity contribution in [1.29, 1.82) is 0 Å². The van der Waals surface area contributed by atoms with E-state index in [1.54, 1.807) is 36.7 Å². The van der Waals surface area contributed by atoms with E-state index in [0.717, 1.165) is 11.1 Å². The van der Waals surface area contributed by atoms with Gasteiger partial charge in [-0.1, -0.05) is 44.5 Å². The number of hydrogen-bond acceptors (Lipinski definition) is 3. The van der Waals surface area contributed by atoms with Crippen molar-refractivity contribution in [2.45, 2.75) is 57.8 Å². The first-order chi connectivity index (χ1) is 15.9. The summed E-state index contributed by atoms with van der Waals surface area (Å²) in [6.07, 6.45) is 3.08. The monoisotopic (exact) mass is 483 g/mol. The molecule has 2 aromatic carbocycles. The molecule has 4 rings (SSSR count). The summed E-state index contributed by atoms with van der Waals surface area (Å²) in [5.41, 5.74) is 6.86. The fraction of sp³-hybridized carbons (Fsp3) is 0.333. The van der Waals surface area contributed by atoms with E-state index >= 15 is 8.78 Å². The van der Waals surface area contributed by atoms with Crippen molar-refractivity contribution in [3.63, 3.8) is 0 Å². The van der Waals surface area contributed by atoms with E-state index in [0.29, 0.717) is 16.3 Å². The molecule has 1 amide bonds. The second-order valence-corrected chi connectivity index (χ2v) is 10.6. The number of fused-ring (bicyclic) bond motifs is 1. The standard InChI is InChI=1S/C27H28ClF2N3O/c1-26(2,3)18-9-17(13-32-14-18)20-10-24-21(11-22(20)29)27(4,30)12-23(31)25(34)33(24)15-16-5-7-19(28)8-6-16/h5-11,13-14,23H,12,15,31H2,1-4H3/t23-,27?/m0/s1. The molecule has 0 spiro atoms. The molecule has 0 fully saturated rings. The van der Waals surface area contributed by atoms with Crippen molar-refractivity contribution in [3.05, 3.63) is 82.4 Å². The van der Waals surface area contributed by atoms with Crippen LogP contribution in [0, 0.1) is 5.82 Å². The van der Waals surface area contributed by atoms with Gasteiger partial charge in [0.05, 0.1) is 18.3 Å². The molecule has 0 saturated heterocycles. The van der Waals surface area contributed by atoms with Gasteiger partial charge in [-0.2, -0.15) is 0 Å². The maximum absolute atomic E-state index is 15.8. The fourth-order valence-corrected chi connectivity index (χ4v) is 4.41. The van der Waals surface area contributed by atoms with Gasteiger partial charge in [0.1, 0.15) is 11.5 Å². The van der Waals surface area contributed by atoms with Crippen LogP contribution >= 0.6 is 11.6 Å². The van der Waals surface area contributed by atoms with E-state index < -0.39 is 23.4 Å². The number of nitrogens with two attached hydrogens (primary N) is 1. The number of alkyl halides is 1. The summed E-state index contributed by atoms with van der Waals surface area (Å²) in [5, 5.41) is 0.565. The molecular formula is C27H28ClF2N3O. The van der Waals surface area contributed by atoms with Gasteiger partial charge in [-0.25, -0.2) is 8.78 Å². The van der Waals surface area contributed by atoms with Crippen LogP contribution in [0.25, 0.3) is 11.1 Å². The third-order valence-corrected chi connectivity index (χ3v) is 6.55. The second-order valence-electron chi connectivity index (χ2n) is 10.1. The first kappa shape index (κ1) is 24.3. The molecule has 3 aromatic rings. The quantitative estimate of drug-likeness (QED) is 0.476. The lowest BCUT2D eigenvalue weighted by Crippen LogP contribution is -2.43. The van der Waals surface area contributed by atoms with E-state index in [-0.39, 0.29) is 29.5 Å². The minimum absolute atomic E-state index is 0.101. The Morgan fingerprint density at radius 3 is 2.50 bits per heavy atom. The number of hydrogen-bond donors (Lipinski definition) is 1. The van der Waals surface area contributed by atoms with Crippen molar-refractivity contribution < 1.29 is 13.6 Å². The van der Waals surface area contributed by atoms with Crippen molar-refractivity contribution in [2.75, 3.05) is 4.90 Å². The van der Waals surface area contributed by atoms with Gasteiger partial charge in [-0.05, 0) is 53.8 Å². The van der Waals surface area contributed by atoms with Gasteiger partial charge in [0.15, 0.2) is 0 Å². The van der Waals surface area contributed by atoms with E-state index in [1.807, 2.05) is 26.8 Å². The molecule has 1 aliphatic rings. The van der Waals surface area contributed by atoms with Crippen LogP contribution in [0.15, 0.2) is 54.9 Å². The van der Waals surface area contributed by atoms with Crippen LogP contribution in [0.3, 0.4) is 0 Å². The second kappa shape index (κ2) is 8.75. The lowest BCUT2D eigenvalue weighted by atomic mass is 9.86. The molecular weight excluding hydrogens is 456 g/mol. The summed E-state index contributed by atoms with van der Waals surface area (Å²) < 4.78 is 31.2. The normalized spacial score (nSPS) is 20.8. The zero-order valence-electron chi connectivity index (χ0n) is 19.7. The molecule has 1 unspecified atom stereocenters. The van der Waals surface area contributed by atoms with Crippen LogP contribution in [0.2, 0.25) is 5.02 Å². The topological polar surface area (TPSA) is 59.2 Å². The maximum atomic E-state index is 15.8. The molecule has 2 N–H and O–H groups in total. The van der Waals surface area contributed by atoms with Crippen molar-refractivity contribution >= 4 is 23.2 Å². The number of nitrogens with zero attached hydrogens (tertiary/aromatic N) is 2. The Morgan fingerprint density at radius 1 is 1.18 bits per heavy atom.